The van der Waals surface area contributed by atoms with Gasteiger partial charge in [0, 0.05) is 5.56 Å². The summed E-state index contributed by atoms with van der Waals surface area (Å²) in [6, 6.07) is 9.35. The van der Waals surface area contributed by atoms with Crippen LogP contribution in [-0.4, -0.2) is 0 Å². The van der Waals surface area contributed by atoms with Crippen molar-refractivity contribution in [2.24, 2.45) is 5.92 Å². The Morgan fingerprint density at radius 3 is 2.37 bits per heavy atom. The summed E-state index contributed by atoms with van der Waals surface area (Å²) in [7, 11) is 0. The summed E-state index contributed by atoms with van der Waals surface area (Å²) in [5, 5.41) is 0. The van der Waals surface area contributed by atoms with Crippen LogP contribution >= 0.6 is 0 Å². The monoisotopic (exact) mass is 258 g/mol. The minimum Gasteiger partial charge on any atom is -0.203 e. The van der Waals surface area contributed by atoms with Crippen LogP contribution in [0.4, 0.5) is 8.78 Å². The Morgan fingerprint density at radius 2 is 1.68 bits per heavy atom. The van der Waals surface area contributed by atoms with E-state index in [0.29, 0.717) is 23.5 Å². The molecule has 0 saturated carbocycles. The van der Waals surface area contributed by atoms with E-state index >= 15 is 0 Å². The highest BCUT2D eigenvalue weighted by molar-refractivity contribution is 5.66. The fourth-order valence-corrected chi connectivity index (χ4v) is 2.86. The van der Waals surface area contributed by atoms with E-state index in [2.05, 4.69) is 6.92 Å². The van der Waals surface area contributed by atoms with E-state index in [-0.39, 0.29) is 0 Å². The van der Waals surface area contributed by atoms with Crippen LogP contribution in [0, 0.1) is 24.5 Å². The summed E-state index contributed by atoms with van der Waals surface area (Å²) < 4.78 is 28.3. The fourth-order valence-electron chi connectivity index (χ4n) is 2.86. The molecule has 3 rings (SSSR count). The predicted molar refractivity (Wildman–Crippen MR) is 73.1 cm³/mol. The van der Waals surface area contributed by atoms with Crippen LogP contribution in [-0.2, 0) is 12.8 Å². The van der Waals surface area contributed by atoms with Crippen LogP contribution in [0.1, 0.15) is 23.6 Å². The van der Waals surface area contributed by atoms with Crippen molar-refractivity contribution < 1.29 is 8.78 Å². The van der Waals surface area contributed by atoms with Crippen molar-refractivity contribution in [3.63, 3.8) is 0 Å². The lowest BCUT2D eigenvalue weighted by molar-refractivity contribution is 0.499. The van der Waals surface area contributed by atoms with Crippen LogP contribution in [0.2, 0.25) is 0 Å². The third-order valence-corrected chi connectivity index (χ3v) is 3.88. The van der Waals surface area contributed by atoms with Crippen molar-refractivity contribution in [3.8, 4) is 11.1 Å². The molecule has 1 aliphatic rings. The maximum absolute atomic E-state index is 14.2. The van der Waals surface area contributed by atoms with Crippen molar-refractivity contribution in [2.75, 3.05) is 0 Å². The second-order valence-electron chi connectivity index (χ2n) is 5.57. The van der Waals surface area contributed by atoms with Gasteiger partial charge in [-0.15, -0.1) is 0 Å². The molecule has 0 nitrogen and oxygen atoms in total. The molecule has 19 heavy (non-hydrogen) atoms. The summed E-state index contributed by atoms with van der Waals surface area (Å²) in [6.45, 7) is 4.05. The zero-order valence-corrected chi connectivity index (χ0v) is 11.1. The number of hydrogen-bond donors (Lipinski definition) is 0. The van der Waals surface area contributed by atoms with Gasteiger partial charge in [-0.3, -0.25) is 0 Å². The second-order valence-corrected chi connectivity index (χ2v) is 5.57. The first kappa shape index (κ1) is 12.3. The van der Waals surface area contributed by atoms with E-state index in [9.17, 15) is 8.78 Å². The molecule has 0 aliphatic heterocycles. The lowest BCUT2D eigenvalue weighted by Crippen LogP contribution is -1.97. The molecular formula is C17H16F2. The summed E-state index contributed by atoms with van der Waals surface area (Å²) in [5.74, 6) is -0.966. The average molecular weight is 258 g/mol. The highest BCUT2D eigenvalue weighted by Gasteiger charge is 2.26. The normalized spacial score (nSPS) is 17.6. The van der Waals surface area contributed by atoms with Crippen LogP contribution < -0.4 is 0 Å². The molecule has 1 atom stereocenters. The van der Waals surface area contributed by atoms with Gasteiger partial charge in [0.25, 0.3) is 0 Å². The van der Waals surface area contributed by atoms with Crippen LogP contribution in [0.5, 0.6) is 0 Å². The van der Waals surface area contributed by atoms with Gasteiger partial charge >= 0.3 is 0 Å². The van der Waals surface area contributed by atoms with E-state index in [1.807, 2.05) is 37.3 Å². The molecule has 2 heteroatoms. The minimum absolute atomic E-state index is 0.380. The number of rotatable bonds is 1. The molecule has 0 aromatic heterocycles. The molecule has 98 valence electrons. The largest absolute Gasteiger partial charge is 0.203 e. The summed E-state index contributed by atoms with van der Waals surface area (Å²) in [6.07, 6.45) is 1.48. The van der Waals surface area contributed by atoms with E-state index in [0.717, 1.165) is 23.1 Å². The van der Waals surface area contributed by atoms with Gasteiger partial charge < -0.3 is 0 Å². The maximum atomic E-state index is 14.2. The quantitative estimate of drug-likeness (QED) is 0.697. The highest BCUT2D eigenvalue weighted by Crippen LogP contribution is 2.35. The van der Waals surface area contributed by atoms with E-state index < -0.39 is 11.6 Å². The van der Waals surface area contributed by atoms with Gasteiger partial charge in [0.2, 0.25) is 0 Å². The van der Waals surface area contributed by atoms with E-state index in [1.165, 1.54) is 0 Å². The molecule has 0 bridgehead atoms. The molecule has 0 heterocycles. The van der Waals surface area contributed by atoms with Crippen LogP contribution in [0.25, 0.3) is 11.1 Å². The number of aryl methyl sites for hydroxylation is 1. The van der Waals surface area contributed by atoms with Crippen LogP contribution in [0.15, 0.2) is 30.3 Å². The SMILES string of the molecule is Cc1ccc(-c2cc3c(c(F)c2F)CC(C)C3)cc1. The molecule has 1 unspecified atom stereocenters. The smallest absolute Gasteiger partial charge is 0.166 e. The lowest BCUT2D eigenvalue weighted by Gasteiger charge is -2.09. The Morgan fingerprint density at radius 1 is 1.00 bits per heavy atom. The molecule has 0 fully saturated rings. The Kier molecular flexibility index (Phi) is 2.89. The Bertz CT molecular complexity index is 627. The van der Waals surface area contributed by atoms with Gasteiger partial charge in [0.05, 0.1) is 0 Å². The Balaban J connectivity index is 2.16. The molecule has 0 N–H and O–H groups in total. The summed E-state index contributed by atoms with van der Waals surface area (Å²) in [4.78, 5) is 0. The molecule has 2 aromatic rings. The molecule has 0 amide bonds. The van der Waals surface area contributed by atoms with Crippen molar-refractivity contribution in [1.82, 2.24) is 0 Å². The number of hydrogen-bond acceptors (Lipinski definition) is 0. The van der Waals surface area contributed by atoms with Gasteiger partial charge in [0.15, 0.2) is 11.6 Å². The van der Waals surface area contributed by atoms with Crippen molar-refractivity contribution in [3.05, 3.63) is 58.7 Å². The van der Waals surface area contributed by atoms with Gasteiger partial charge in [-0.1, -0.05) is 36.8 Å². The third-order valence-electron chi connectivity index (χ3n) is 3.88. The van der Waals surface area contributed by atoms with Crippen molar-refractivity contribution in [2.45, 2.75) is 26.7 Å². The number of fused-ring (bicyclic) bond motifs is 1. The third kappa shape index (κ3) is 2.05. The van der Waals surface area contributed by atoms with Gasteiger partial charge in [-0.25, -0.2) is 8.78 Å². The topological polar surface area (TPSA) is 0 Å². The zero-order chi connectivity index (χ0) is 13.6. The maximum Gasteiger partial charge on any atom is 0.166 e. The molecule has 1 aliphatic carbocycles. The Hall–Kier alpha value is -1.70. The van der Waals surface area contributed by atoms with Crippen molar-refractivity contribution >= 4 is 0 Å². The predicted octanol–water partition coefficient (Wildman–Crippen LogP) is 4.67. The summed E-state index contributed by atoms with van der Waals surface area (Å²) in [5.41, 5.74) is 3.76. The van der Waals surface area contributed by atoms with Gasteiger partial charge in [0.1, 0.15) is 0 Å². The first-order valence-corrected chi connectivity index (χ1v) is 6.63. The second kappa shape index (κ2) is 4.44. The first-order chi connectivity index (χ1) is 9.06. The molecular weight excluding hydrogens is 242 g/mol. The standard InChI is InChI=1S/C17H16F2/c1-10-3-5-12(6-4-10)15-9-13-7-11(2)8-14(13)16(18)17(15)19/h3-6,9,11H,7-8H2,1-2H3. The molecule has 2 aromatic carbocycles. The van der Waals surface area contributed by atoms with E-state index in [1.54, 1.807) is 0 Å². The van der Waals surface area contributed by atoms with E-state index in [4.69, 9.17) is 0 Å². The molecule has 0 spiro atoms. The summed E-state index contributed by atoms with van der Waals surface area (Å²) >= 11 is 0. The zero-order valence-electron chi connectivity index (χ0n) is 11.1. The number of halogens is 2. The molecule has 0 radical (unpaired) electrons. The fraction of sp³-hybridized carbons (Fsp3) is 0.294. The lowest BCUT2D eigenvalue weighted by atomic mass is 9.98. The van der Waals surface area contributed by atoms with Crippen molar-refractivity contribution in [1.29, 1.82) is 0 Å². The van der Waals surface area contributed by atoms with Crippen LogP contribution in [0.3, 0.4) is 0 Å². The number of benzene rings is 2. The first-order valence-electron chi connectivity index (χ1n) is 6.63. The average Bonchev–Trinajstić information content (AvgIpc) is 2.76. The Labute approximate surface area is 112 Å². The molecule has 0 saturated heterocycles. The highest BCUT2D eigenvalue weighted by atomic mass is 19.2. The van der Waals surface area contributed by atoms with Gasteiger partial charge in [-0.05, 0) is 48.4 Å². The van der Waals surface area contributed by atoms with Gasteiger partial charge in [-0.2, -0.15) is 0 Å². The minimum atomic E-state index is -0.711.